The van der Waals surface area contributed by atoms with Gasteiger partial charge in [-0.15, -0.1) is 0 Å². The Morgan fingerprint density at radius 2 is 1.96 bits per heavy atom. The Kier molecular flexibility index (Phi) is 8.16. The van der Waals surface area contributed by atoms with Crippen LogP contribution in [0.2, 0.25) is 0 Å². The number of likely N-dealkylation sites (tertiary alicyclic amines) is 1. The van der Waals surface area contributed by atoms with Crippen LogP contribution in [0.1, 0.15) is 56.9 Å². The Morgan fingerprint density at radius 3 is 2.75 bits per heavy atom. The largest absolute Gasteiger partial charge is 0.493 e. The zero-order valence-corrected chi connectivity index (χ0v) is 17.3. The number of carbonyl (C=O) groups is 1. The van der Waals surface area contributed by atoms with Crippen molar-refractivity contribution in [2.45, 2.75) is 64.0 Å². The lowest BCUT2D eigenvalue weighted by molar-refractivity contribution is -0.138. The van der Waals surface area contributed by atoms with Crippen LogP contribution in [0.4, 0.5) is 0 Å². The van der Waals surface area contributed by atoms with Gasteiger partial charge in [-0.2, -0.15) is 0 Å². The number of rotatable bonds is 8. The van der Waals surface area contributed by atoms with E-state index in [0.717, 1.165) is 57.2 Å². The summed E-state index contributed by atoms with van der Waals surface area (Å²) in [4.78, 5) is 15.5. The van der Waals surface area contributed by atoms with Gasteiger partial charge in [-0.05, 0) is 75.9 Å². The normalized spacial score (nSPS) is 22.1. The maximum atomic E-state index is 11.0. The second kappa shape index (κ2) is 10.8. The van der Waals surface area contributed by atoms with Crippen molar-refractivity contribution in [3.8, 4) is 5.75 Å². The van der Waals surface area contributed by atoms with Gasteiger partial charge in [-0.3, -0.25) is 14.6 Å². The van der Waals surface area contributed by atoms with E-state index in [9.17, 15) is 4.79 Å². The first kappa shape index (κ1) is 21.1. The molecule has 1 saturated heterocycles. The molecule has 0 radical (unpaired) electrons. The second-order valence-corrected chi connectivity index (χ2v) is 8.63. The molecule has 1 atom stereocenters. The molecule has 5 heteroatoms. The van der Waals surface area contributed by atoms with E-state index in [4.69, 9.17) is 9.84 Å². The van der Waals surface area contributed by atoms with Gasteiger partial charge in [-0.25, -0.2) is 0 Å². The molecule has 1 aromatic rings. The van der Waals surface area contributed by atoms with Gasteiger partial charge >= 0.3 is 5.97 Å². The molecule has 1 N–H and O–H groups in total. The van der Waals surface area contributed by atoms with Gasteiger partial charge < -0.3 is 9.84 Å². The molecule has 1 aliphatic heterocycles. The first-order valence-corrected chi connectivity index (χ1v) is 11.0. The third kappa shape index (κ3) is 6.78. The van der Waals surface area contributed by atoms with Crippen LogP contribution in [-0.4, -0.2) is 60.2 Å². The fourth-order valence-corrected chi connectivity index (χ4v) is 4.64. The number of likely N-dealkylation sites (N-methyl/N-ethyl adjacent to an activating group) is 1. The molecule has 2 fully saturated rings. The number of aliphatic carboxylic acids is 1. The molecule has 5 nitrogen and oxygen atoms in total. The standard InChI is InChI=1S/C23H36N2O3/c1-24(17-23(26)27)21-10-6-13-25(14-12-21)16-20-9-5-11-22(15-20)28-18-19-7-3-2-4-8-19/h5,9,11,15,19,21H,2-4,6-8,10,12-14,16-18H2,1H3,(H,26,27). The van der Waals surface area contributed by atoms with Crippen molar-refractivity contribution >= 4 is 5.97 Å². The fourth-order valence-electron chi connectivity index (χ4n) is 4.64. The molecular weight excluding hydrogens is 352 g/mol. The molecule has 0 amide bonds. The maximum Gasteiger partial charge on any atom is 0.317 e. The van der Waals surface area contributed by atoms with Crippen molar-refractivity contribution in [3.63, 3.8) is 0 Å². The van der Waals surface area contributed by atoms with Gasteiger partial charge in [0.25, 0.3) is 0 Å². The number of nitrogens with zero attached hydrogens (tertiary/aromatic N) is 2. The van der Waals surface area contributed by atoms with E-state index >= 15 is 0 Å². The Labute approximate surface area is 169 Å². The maximum absolute atomic E-state index is 11.0. The lowest BCUT2D eigenvalue weighted by Gasteiger charge is -2.25. The third-order valence-electron chi connectivity index (χ3n) is 6.31. The molecule has 1 unspecified atom stereocenters. The predicted molar refractivity (Wildman–Crippen MR) is 112 cm³/mol. The molecule has 156 valence electrons. The highest BCUT2D eigenvalue weighted by Gasteiger charge is 2.22. The first-order chi connectivity index (χ1) is 13.6. The molecule has 1 heterocycles. The lowest BCUT2D eigenvalue weighted by Crippen LogP contribution is -2.36. The van der Waals surface area contributed by atoms with Gasteiger partial charge in [-0.1, -0.05) is 31.4 Å². The van der Waals surface area contributed by atoms with E-state index in [1.807, 2.05) is 11.9 Å². The molecule has 2 aliphatic rings. The number of hydrogen-bond acceptors (Lipinski definition) is 4. The second-order valence-electron chi connectivity index (χ2n) is 8.63. The van der Waals surface area contributed by atoms with Crippen LogP contribution in [0, 0.1) is 5.92 Å². The van der Waals surface area contributed by atoms with E-state index < -0.39 is 5.97 Å². The fraction of sp³-hybridized carbons (Fsp3) is 0.696. The van der Waals surface area contributed by atoms with Crippen molar-refractivity contribution in [3.05, 3.63) is 29.8 Å². The highest BCUT2D eigenvalue weighted by molar-refractivity contribution is 5.69. The van der Waals surface area contributed by atoms with Crippen LogP contribution in [0.25, 0.3) is 0 Å². The summed E-state index contributed by atoms with van der Waals surface area (Å²) in [5.41, 5.74) is 1.30. The molecule has 3 rings (SSSR count). The Hall–Kier alpha value is -1.59. The van der Waals surface area contributed by atoms with Crippen LogP contribution in [-0.2, 0) is 11.3 Å². The van der Waals surface area contributed by atoms with E-state index in [-0.39, 0.29) is 6.54 Å². The van der Waals surface area contributed by atoms with Crippen molar-refractivity contribution in [2.24, 2.45) is 5.92 Å². The Bertz CT molecular complexity index is 616. The van der Waals surface area contributed by atoms with E-state index in [1.165, 1.54) is 37.7 Å². The molecule has 0 spiro atoms. The van der Waals surface area contributed by atoms with Gasteiger partial charge in [0.15, 0.2) is 0 Å². The highest BCUT2D eigenvalue weighted by Crippen LogP contribution is 2.25. The third-order valence-corrected chi connectivity index (χ3v) is 6.31. The van der Waals surface area contributed by atoms with Crippen LogP contribution in [0.15, 0.2) is 24.3 Å². The summed E-state index contributed by atoms with van der Waals surface area (Å²) in [5, 5.41) is 9.02. The monoisotopic (exact) mass is 388 g/mol. The van der Waals surface area contributed by atoms with Crippen LogP contribution in [0.5, 0.6) is 5.75 Å². The minimum Gasteiger partial charge on any atom is -0.493 e. The Balaban J connectivity index is 1.47. The van der Waals surface area contributed by atoms with Crippen LogP contribution in [0.3, 0.4) is 0 Å². The number of carboxylic acid groups (broad SMARTS) is 1. The van der Waals surface area contributed by atoms with Gasteiger partial charge in [0, 0.05) is 12.6 Å². The van der Waals surface area contributed by atoms with E-state index in [1.54, 1.807) is 0 Å². The van der Waals surface area contributed by atoms with E-state index in [2.05, 4.69) is 29.2 Å². The van der Waals surface area contributed by atoms with Crippen molar-refractivity contribution in [2.75, 3.05) is 33.3 Å². The van der Waals surface area contributed by atoms with Crippen molar-refractivity contribution < 1.29 is 14.6 Å². The summed E-state index contributed by atoms with van der Waals surface area (Å²) in [6, 6.07) is 8.93. The number of benzene rings is 1. The summed E-state index contributed by atoms with van der Waals surface area (Å²) in [7, 11) is 1.93. The Morgan fingerprint density at radius 1 is 1.14 bits per heavy atom. The van der Waals surface area contributed by atoms with Gasteiger partial charge in [0.1, 0.15) is 5.75 Å². The summed E-state index contributed by atoms with van der Waals surface area (Å²) >= 11 is 0. The molecule has 1 saturated carbocycles. The summed E-state index contributed by atoms with van der Waals surface area (Å²) in [6.45, 7) is 4.01. The topological polar surface area (TPSA) is 53.0 Å². The number of carboxylic acids is 1. The number of hydrogen-bond donors (Lipinski definition) is 1. The molecule has 1 aromatic carbocycles. The highest BCUT2D eigenvalue weighted by atomic mass is 16.5. The van der Waals surface area contributed by atoms with Crippen molar-refractivity contribution in [1.29, 1.82) is 0 Å². The average molecular weight is 389 g/mol. The average Bonchev–Trinajstić information content (AvgIpc) is 2.93. The lowest BCUT2D eigenvalue weighted by atomic mass is 9.90. The van der Waals surface area contributed by atoms with Crippen LogP contribution < -0.4 is 4.74 Å². The quantitative estimate of drug-likeness (QED) is 0.729. The molecule has 0 bridgehead atoms. The first-order valence-electron chi connectivity index (χ1n) is 11.0. The SMILES string of the molecule is CN(CC(=O)O)C1CCCN(Cc2cccc(OCC3CCCCC3)c2)CC1. The molecule has 1 aliphatic carbocycles. The van der Waals surface area contributed by atoms with Crippen molar-refractivity contribution in [1.82, 2.24) is 9.80 Å². The summed E-state index contributed by atoms with van der Waals surface area (Å²) in [5.74, 6) is 0.980. The van der Waals surface area contributed by atoms with Crippen LogP contribution >= 0.6 is 0 Å². The molecular formula is C23H36N2O3. The summed E-state index contributed by atoms with van der Waals surface area (Å²) in [6.07, 6.45) is 9.93. The minimum absolute atomic E-state index is 0.130. The molecule has 0 aromatic heterocycles. The molecule has 28 heavy (non-hydrogen) atoms. The minimum atomic E-state index is -0.742. The van der Waals surface area contributed by atoms with Gasteiger partial charge in [0.05, 0.1) is 13.2 Å². The zero-order valence-electron chi connectivity index (χ0n) is 17.3. The zero-order chi connectivity index (χ0) is 19.8. The van der Waals surface area contributed by atoms with Gasteiger partial charge in [0.2, 0.25) is 0 Å². The number of ether oxygens (including phenoxy) is 1. The summed E-state index contributed by atoms with van der Waals surface area (Å²) < 4.78 is 6.10. The van der Waals surface area contributed by atoms with E-state index in [0.29, 0.717) is 6.04 Å². The smallest absolute Gasteiger partial charge is 0.317 e. The predicted octanol–water partition coefficient (Wildman–Crippen LogP) is 4.02.